The van der Waals surface area contributed by atoms with Crippen LogP contribution in [0.3, 0.4) is 0 Å². The average Bonchev–Trinajstić information content (AvgIpc) is 3.47. The number of rotatable bonds is 6. The summed E-state index contributed by atoms with van der Waals surface area (Å²) >= 11 is 0. The number of imide groups is 2. The van der Waals surface area contributed by atoms with E-state index in [1.807, 2.05) is 10.9 Å². The van der Waals surface area contributed by atoms with Gasteiger partial charge in [-0.25, -0.2) is 4.79 Å². The quantitative estimate of drug-likeness (QED) is 0.561. The third-order valence-corrected chi connectivity index (χ3v) is 6.97. The van der Waals surface area contributed by atoms with Gasteiger partial charge in [-0.15, -0.1) is 0 Å². The zero-order chi connectivity index (χ0) is 26.1. The van der Waals surface area contributed by atoms with E-state index in [0.717, 1.165) is 23.3 Å². The Balaban J connectivity index is 1.24. The fourth-order valence-corrected chi connectivity index (χ4v) is 5.06. The highest BCUT2D eigenvalue weighted by Crippen LogP contribution is 2.32. The van der Waals surface area contributed by atoms with E-state index in [1.165, 1.54) is 0 Å². The van der Waals surface area contributed by atoms with E-state index in [4.69, 9.17) is 4.74 Å². The van der Waals surface area contributed by atoms with Crippen LogP contribution in [-0.4, -0.2) is 75.0 Å². The predicted molar refractivity (Wildman–Crippen MR) is 130 cm³/mol. The van der Waals surface area contributed by atoms with Crippen molar-refractivity contribution < 1.29 is 28.7 Å². The summed E-state index contributed by atoms with van der Waals surface area (Å²) in [5.74, 6) is -2.15. The van der Waals surface area contributed by atoms with Gasteiger partial charge < -0.3 is 15.0 Å². The fraction of sp³-hybridized carbons (Fsp3) is 0.440. The van der Waals surface area contributed by atoms with Crippen LogP contribution in [0.25, 0.3) is 0 Å². The van der Waals surface area contributed by atoms with Gasteiger partial charge in [-0.2, -0.15) is 5.10 Å². The first-order chi connectivity index (χ1) is 17.9. The number of nitrogens with one attached hydrogen (secondary N) is 2. The molecular weight excluding hydrogens is 480 g/mol. The molecule has 3 aliphatic heterocycles. The molecule has 1 unspecified atom stereocenters. The molecule has 5 rings (SSSR count). The van der Waals surface area contributed by atoms with Gasteiger partial charge in [-0.05, 0) is 38.3 Å². The number of piperidine rings is 2. The third kappa shape index (κ3) is 4.66. The first-order valence-electron chi connectivity index (χ1n) is 12.4. The lowest BCUT2D eigenvalue weighted by Gasteiger charge is -2.31. The lowest BCUT2D eigenvalue weighted by atomic mass is 10.0. The molecule has 1 atom stereocenters. The molecule has 2 saturated heterocycles. The predicted octanol–water partition coefficient (Wildman–Crippen LogP) is 1.69. The number of hydrogen-bond acceptors (Lipinski definition) is 8. The van der Waals surface area contributed by atoms with Gasteiger partial charge in [-0.1, -0.05) is 6.07 Å². The molecule has 12 nitrogen and oxygen atoms in total. The molecule has 0 spiro atoms. The molecule has 12 heteroatoms. The monoisotopic (exact) mass is 508 g/mol. The first kappa shape index (κ1) is 24.5. The molecule has 0 aliphatic carbocycles. The number of amides is 5. The number of benzene rings is 1. The van der Waals surface area contributed by atoms with E-state index in [-0.39, 0.29) is 36.1 Å². The number of nitrogens with zero attached hydrogens (tertiary/aromatic N) is 4. The third-order valence-electron chi connectivity index (χ3n) is 6.97. The Morgan fingerprint density at radius 3 is 2.65 bits per heavy atom. The number of carbonyl (C=O) groups excluding carboxylic acids is 5. The molecule has 3 aliphatic rings. The van der Waals surface area contributed by atoms with Crippen molar-refractivity contribution in [2.75, 3.05) is 25.0 Å². The van der Waals surface area contributed by atoms with Crippen LogP contribution < -0.4 is 10.6 Å². The highest BCUT2D eigenvalue weighted by atomic mass is 16.6. The van der Waals surface area contributed by atoms with Gasteiger partial charge in [0.05, 0.1) is 30.0 Å². The Morgan fingerprint density at radius 2 is 1.92 bits per heavy atom. The van der Waals surface area contributed by atoms with E-state index in [2.05, 4.69) is 15.7 Å². The SMILES string of the molecule is CCOC(=O)N1CCC(n2cc(CNc3cccc4c3C(=O)N(C3CCC(=O)NC3=O)C4=O)cn2)CC1. The van der Waals surface area contributed by atoms with Crippen LogP contribution in [0.2, 0.25) is 0 Å². The van der Waals surface area contributed by atoms with Crippen LogP contribution in [0.5, 0.6) is 0 Å². The Kier molecular flexibility index (Phi) is 6.64. The molecule has 5 amide bonds. The van der Waals surface area contributed by atoms with Crippen LogP contribution in [0.1, 0.15) is 64.9 Å². The van der Waals surface area contributed by atoms with E-state index >= 15 is 0 Å². The molecule has 2 N–H and O–H groups in total. The molecule has 0 saturated carbocycles. The average molecular weight is 509 g/mol. The second-order valence-corrected chi connectivity index (χ2v) is 9.27. The number of anilines is 1. The van der Waals surface area contributed by atoms with Gasteiger partial charge in [0, 0.05) is 43.5 Å². The molecule has 0 bridgehead atoms. The smallest absolute Gasteiger partial charge is 0.409 e. The number of ether oxygens (including phenoxy) is 1. The topological polar surface area (TPSA) is 143 Å². The maximum absolute atomic E-state index is 13.2. The number of likely N-dealkylation sites (tertiary alicyclic amines) is 1. The van der Waals surface area contributed by atoms with Crippen LogP contribution >= 0.6 is 0 Å². The molecule has 1 aromatic carbocycles. The fourth-order valence-electron chi connectivity index (χ4n) is 5.06. The summed E-state index contributed by atoms with van der Waals surface area (Å²) in [6, 6.07) is 4.12. The van der Waals surface area contributed by atoms with E-state index < -0.39 is 29.7 Å². The molecule has 4 heterocycles. The van der Waals surface area contributed by atoms with E-state index in [9.17, 15) is 24.0 Å². The highest BCUT2D eigenvalue weighted by Gasteiger charge is 2.45. The second-order valence-electron chi connectivity index (χ2n) is 9.27. The Morgan fingerprint density at radius 1 is 1.14 bits per heavy atom. The molecule has 37 heavy (non-hydrogen) atoms. The summed E-state index contributed by atoms with van der Waals surface area (Å²) in [6.45, 7) is 3.72. The summed E-state index contributed by atoms with van der Waals surface area (Å²) in [7, 11) is 0. The standard InChI is InChI=1S/C25H28N6O6/c1-2-37-25(36)29-10-8-16(9-11-29)30-14-15(13-27-30)12-26-18-5-3-4-17-21(18)24(35)31(23(17)34)19-6-7-20(32)28-22(19)33/h3-5,13-14,16,19,26H,2,6-12H2,1H3,(H,28,32,33). The summed E-state index contributed by atoms with van der Waals surface area (Å²) in [5, 5.41) is 9.92. The first-order valence-corrected chi connectivity index (χ1v) is 12.4. The minimum Gasteiger partial charge on any atom is -0.450 e. The number of hydrogen-bond donors (Lipinski definition) is 2. The van der Waals surface area contributed by atoms with Gasteiger partial charge >= 0.3 is 6.09 Å². The Labute approximate surface area is 212 Å². The van der Waals surface area contributed by atoms with Crippen LogP contribution in [-0.2, 0) is 20.9 Å². The minimum atomic E-state index is -1.01. The largest absolute Gasteiger partial charge is 0.450 e. The van der Waals surface area contributed by atoms with Crippen LogP contribution in [0.15, 0.2) is 30.6 Å². The molecule has 1 aromatic heterocycles. The van der Waals surface area contributed by atoms with E-state index in [0.29, 0.717) is 31.9 Å². The highest BCUT2D eigenvalue weighted by molar-refractivity contribution is 6.25. The van der Waals surface area contributed by atoms with Gasteiger partial charge in [0.2, 0.25) is 11.8 Å². The Bertz CT molecular complexity index is 1260. The second kappa shape index (κ2) is 10.0. The van der Waals surface area contributed by atoms with Crippen molar-refractivity contribution in [2.45, 2.75) is 51.2 Å². The summed E-state index contributed by atoms with van der Waals surface area (Å²) in [4.78, 5) is 64.6. The zero-order valence-electron chi connectivity index (χ0n) is 20.4. The van der Waals surface area contributed by atoms with Crippen molar-refractivity contribution in [3.8, 4) is 0 Å². The molecule has 0 radical (unpaired) electrons. The van der Waals surface area contributed by atoms with Gasteiger partial charge in [-0.3, -0.25) is 34.1 Å². The maximum atomic E-state index is 13.2. The Hall–Kier alpha value is -4.22. The van der Waals surface area contributed by atoms with Crippen LogP contribution in [0, 0.1) is 0 Å². The summed E-state index contributed by atoms with van der Waals surface area (Å²) in [5.41, 5.74) is 1.82. The molecule has 2 fully saturated rings. The van der Waals surface area contributed by atoms with Crippen molar-refractivity contribution in [3.05, 3.63) is 47.3 Å². The van der Waals surface area contributed by atoms with Crippen molar-refractivity contribution in [1.82, 2.24) is 24.9 Å². The lowest BCUT2D eigenvalue weighted by molar-refractivity contribution is -0.136. The van der Waals surface area contributed by atoms with Crippen molar-refractivity contribution >= 4 is 35.4 Å². The molecular formula is C25H28N6O6. The summed E-state index contributed by atoms with van der Waals surface area (Å²) < 4.78 is 6.97. The number of fused-ring (bicyclic) bond motifs is 1. The van der Waals surface area contributed by atoms with Crippen molar-refractivity contribution in [2.24, 2.45) is 0 Å². The summed E-state index contributed by atoms with van der Waals surface area (Å²) in [6.07, 6.45) is 5.11. The zero-order valence-corrected chi connectivity index (χ0v) is 20.4. The van der Waals surface area contributed by atoms with Crippen molar-refractivity contribution in [3.63, 3.8) is 0 Å². The normalized spacial score (nSPS) is 20.2. The molecule has 194 valence electrons. The van der Waals surface area contributed by atoms with Crippen molar-refractivity contribution in [1.29, 1.82) is 0 Å². The van der Waals surface area contributed by atoms with Gasteiger partial charge in [0.15, 0.2) is 0 Å². The van der Waals surface area contributed by atoms with Gasteiger partial charge in [0.1, 0.15) is 6.04 Å². The van der Waals surface area contributed by atoms with E-state index in [1.54, 1.807) is 36.2 Å². The van der Waals surface area contributed by atoms with Crippen LogP contribution in [0.4, 0.5) is 10.5 Å². The lowest BCUT2D eigenvalue weighted by Crippen LogP contribution is -2.54. The maximum Gasteiger partial charge on any atom is 0.409 e. The molecule has 2 aromatic rings. The minimum absolute atomic E-state index is 0.0702. The number of aromatic nitrogens is 2. The number of carbonyl (C=O) groups is 5. The van der Waals surface area contributed by atoms with Gasteiger partial charge in [0.25, 0.3) is 11.8 Å².